The molecule has 10 rings (SSSR count). The van der Waals surface area contributed by atoms with Crippen molar-refractivity contribution in [1.29, 1.82) is 0 Å². The first-order valence-corrected chi connectivity index (χ1v) is 19.1. The fraction of sp³-hybridized carbons (Fsp3) is 0.265. The predicted molar refractivity (Wildman–Crippen MR) is 211 cm³/mol. The largest absolute Gasteiger partial charge is 0.457 e. The predicted octanol–water partition coefficient (Wildman–Crippen LogP) is 13.4. The van der Waals surface area contributed by atoms with Crippen LogP contribution in [-0.4, -0.2) is 0 Å². The van der Waals surface area contributed by atoms with E-state index in [4.69, 9.17) is 4.74 Å². The van der Waals surface area contributed by atoms with Crippen LogP contribution < -0.4 is 9.64 Å². The molecule has 0 saturated heterocycles. The van der Waals surface area contributed by atoms with Crippen LogP contribution >= 0.6 is 0 Å². The van der Waals surface area contributed by atoms with Gasteiger partial charge in [0, 0.05) is 38.9 Å². The molecule has 2 nitrogen and oxygen atoms in total. The van der Waals surface area contributed by atoms with Gasteiger partial charge in [0.1, 0.15) is 11.5 Å². The lowest BCUT2D eigenvalue weighted by atomic mass is 9.47. The second kappa shape index (κ2) is 11.5. The normalized spacial score (nSPS) is 23.4. The van der Waals surface area contributed by atoms with E-state index in [-0.39, 0.29) is 10.8 Å². The molecular formula is C49H45NO. The Labute approximate surface area is 302 Å². The van der Waals surface area contributed by atoms with Crippen LogP contribution in [0.3, 0.4) is 0 Å². The lowest BCUT2D eigenvalue weighted by Gasteiger charge is -2.57. The summed E-state index contributed by atoms with van der Waals surface area (Å²) in [5.41, 5.74) is 14.1. The monoisotopic (exact) mass is 663 g/mol. The van der Waals surface area contributed by atoms with Crippen molar-refractivity contribution in [1.82, 2.24) is 0 Å². The molecule has 0 aromatic heterocycles. The van der Waals surface area contributed by atoms with Gasteiger partial charge in [0.15, 0.2) is 0 Å². The van der Waals surface area contributed by atoms with Crippen LogP contribution in [0.5, 0.6) is 11.5 Å². The molecule has 0 radical (unpaired) electrons. The minimum absolute atomic E-state index is 0.0445. The van der Waals surface area contributed by atoms with Gasteiger partial charge >= 0.3 is 0 Å². The average Bonchev–Trinajstić information content (AvgIpc) is 3.38. The lowest BCUT2D eigenvalue weighted by molar-refractivity contribution is 0.0468. The van der Waals surface area contributed by atoms with Gasteiger partial charge < -0.3 is 9.64 Å². The van der Waals surface area contributed by atoms with Crippen molar-refractivity contribution in [2.45, 2.75) is 63.7 Å². The maximum absolute atomic E-state index is 6.84. The second-order valence-corrected chi connectivity index (χ2v) is 16.2. The first kappa shape index (κ1) is 30.7. The number of anilines is 3. The van der Waals surface area contributed by atoms with Crippen molar-refractivity contribution in [3.05, 3.63) is 162 Å². The highest BCUT2D eigenvalue weighted by Crippen LogP contribution is 2.65. The summed E-state index contributed by atoms with van der Waals surface area (Å²) in [7, 11) is 0. The molecule has 3 aliphatic carbocycles. The molecule has 6 aromatic rings. The van der Waals surface area contributed by atoms with Crippen molar-refractivity contribution >= 4 is 17.1 Å². The zero-order valence-electron chi connectivity index (χ0n) is 29.9. The van der Waals surface area contributed by atoms with E-state index in [0.29, 0.717) is 11.8 Å². The van der Waals surface area contributed by atoms with Crippen LogP contribution in [0.4, 0.5) is 17.1 Å². The Morgan fingerprint density at radius 2 is 1.14 bits per heavy atom. The SMILES string of the molecule is CC1C[C@H]2CCC[C@@H](C1)C21c2ccccc2Oc2ccc(N(c3ccc4c(c3)C(C)(C)c3ccccc3-4)c3ccccc3-c3ccccc3)cc21. The molecule has 4 aliphatic rings. The molecule has 51 heavy (non-hydrogen) atoms. The highest BCUT2D eigenvalue weighted by atomic mass is 16.5. The molecule has 2 bridgehead atoms. The van der Waals surface area contributed by atoms with Crippen LogP contribution in [0.15, 0.2) is 140 Å². The molecule has 1 heterocycles. The summed E-state index contributed by atoms with van der Waals surface area (Å²) in [5.74, 6) is 4.04. The van der Waals surface area contributed by atoms with Gasteiger partial charge in [-0.2, -0.15) is 0 Å². The van der Waals surface area contributed by atoms with Crippen molar-refractivity contribution in [2.24, 2.45) is 17.8 Å². The Balaban J connectivity index is 1.22. The molecule has 252 valence electrons. The maximum Gasteiger partial charge on any atom is 0.131 e. The molecule has 1 spiro atoms. The van der Waals surface area contributed by atoms with Gasteiger partial charge in [0.2, 0.25) is 0 Å². The quantitative estimate of drug-likeness (QED) is 0.186. The Hall–Kier alpha value is -5.08. The summed E-state index contributed by atoms with van der Waals surface area (Å²) >= 11 is 0. The van der Waals surface area contributed by atoms with E-state index < -0.39 is 0 Å². The molecule has 1 aliphatic heterocycles. The van der Waals surface area contributed by atoms with Gasteiger partial charge in [0.25, 0.3) is 0 Å². The molecule has 2 heteroatoms. The number of hydrogen-bond acceptors (Lipinski definition) is 2. The van der Waals surface area contributed by atoms with E-state index >= 15 is 0 Å². The van der Waals surface area contributed by atoms with Crippen LogP contribution in [0.25, 0.3) is 22.3 Å². The van der Waals surface area contributed by atoms with Gasteiger partial charge in [-0.05, 0) is 114 Å². The Morgan fingerprint density at radius 3 is 1.92 bits per heavy atom. The van der Waals surface area contributed by atoms with Gasteiger partial charge in [0.05, 0.1) is 5.69 Å². The molecule has 2 saturated carbocycles. The molecule has 0 amide bonds. The highest BCUT2D eigenvalue weighted by Gasteiger charge is 2.56. The molecule has 6 aromatic carbocycles. The summed E-state index contributed by atoms with van der Waals surface area (Å²) in [6, 6.07) is 52.0. The van der Waals surface area contributed by atoms with Gasteiger partial charge in [-0.1, -0.05) is 124 Å². The van der Waals surface area contributed by atoms with E-state index in [1.807, 2.05) is 0 Å². The standard InChI is InChI=1S/C49H45NO/c1-32-28-34-16-13-17-35(29-32)49(34)42-21-10-12-23-46(42)51-47-27-25-37(31-44(47)49)50(45-22-11-8-18-38(45)33-14-5-4-6-15-33)36-24-26-40-39-19-7-9-20-41(39)48(2,3)43(40)30-36/h4-12,14-15,18-27,30-32,34-35H,13,16-17,28-29H2,1-3H3/t32?,34-,35+,49?. The van der Waals surface area contributed by atoms with E-state index in [0.717, 1.165) is 17.4 Å². The number of para-hydroxylation sites is 2. The number of rotatable bonds is 4. The molecule has 2 unspecified atom stereocenters. The van der Waals surface area contributed by atoms with Crippen molar-refractivity contribution < 1.29 is 4.74 Å². The van der Waals surface area contributed by atoms with Crippen molar-refractivity contribution in [3.8, 4) is 33.8 Å². The Bertz CT molecular complexity index is 2290. The molecular weight excluding hydrogens is 619 g/mol. The number of nitrogens with zero attached hydrogens (tertiary/aromatic N) is 1. The van der Waals surface area contributed by atoms with Crippen LogP contribution in [0, 0.1) is 17.8 Å². The zero-order chi connectivity index (χ0) is 34.3. The molecule has 4 atom stereocenters. The minimum Gasteiger partial charge on any atom is -0.457 e. The van der Waals surface area contributed by atoms with Gasteiger partial charge in [-0.3, -0.25) is 0 Å². The van der Waals surface area contributed by atoms with Crippen molar-refractivity contribution in [3.63, 3.8) is 0 Å². The van der Waals surface area contributed by atoms with Crippen LogP contribution in [-0.2, 0) is 10.8 Å². The van der Waals surface area contributed by atoms with Crippen molar-refractivity contribution in [2.75, 3.05) is 4.90 Å². The van der Waals surface area contributed by atoms with Crippen LogP contribution in [0.1, 0.15) is 75.1 Å². The number of hydrogen-bond donors (Lipinski definition) is 0. The smallest absolute Gasteiger partial charge is 0.131 e. The first-order chi connectivity index (χ1) is 24.9. The van der Waals surface area contributed by atoms with Gasteiger partial charge in [-0.15, -0.1) is 0 Å². The molecule has 2 fully saturated rings. The second-order valence-electron chi connectivity index (χ2n) is 16.2. The number of benzene rings is 6. The lowest BCUT2D eigenvalue weighted by Crippen LogP contribution is -2.51. The minimum atomic E-state index is -0.0970. The average molecular weight is 664 g/mol. The third-order valence-electron chi connectivity index (χ3n) is 13.0. The number of fused-ring (bicyclic) bond motifs is 5. The highest BCUT2D eigenvalue weighted by molar-refractivity contribution is 5.91. The topological polar surface area (TPSA) is 12.5 Å². The van der Waals surface area contributed by atoms with E-state index in [1.165, 1.54) is 93.7 Å². The van der Waals surface area contributed by atoms with Gasteiger partial charge in [-0.25, -0.2) is 0 Å². The third-order valence-corrected chi connectivity index (χ3v) is 13.0. The zero-order valence-corrected chi connectivity index (χ0v) is 29.9. The maximum atomic E-state index is 6.84. The first-order valence-electron chi connectivity index (χ1n) is 19.1. The summed E-state index contributed by atoms with van der Waals surface area (Å²) in [4.78, 5) is 2.53. The van der Waals surface area contributed by atoms with E-state index in [9.17, 15) is 0 Å². The molecule has 0 N–H and O–H groups in total. The number of ether oxygens (including phenoxy) is 1. The fourth-order valence-corrected chi connectivity index (χ4v) is 11.0. The van der Waals surface area contributed by atoms with E-state index in [2.05, 4.69) is 165 Å². The third kappa shape index (κ3) is 4.48. The summed E-state index contributed by atoms with van der Waals surface area (Å²) in [5, 5.41) is 0. The fourth-order valence-electron chi connectivity index (χ4n) is 11.0. The Morgan fingerprint density at radius 1 is 0.549 bits per heavy atom. The Kier molecular flexibility index (Phi) is 6.91. The summed E-state index contributed by atoms with van der Waals surface area (Å²) < 4.78 is 6.84. The van der Waals surface area contributed by atoms with E-state index in [1.54, 1.807) is 0 Å². The summed E-state index contributed by atoms with van der Waals surface area (Å²) in [6.07, 6.45) is 6.43. The summed E-state index contributed by atoms with van der Waals surface area (Å²) in [6.45, 7) is 7.24. The van der Waals surface area contributed by atoms with Crippen LogP contribution in [0.2, 0.25) is 0 Å².